The minimum absolute atomic E-state index is 0.260. The highest BCUT2D eigenvalue weighted by atomic mass is 19.1. The van der Waals surface area contributed by atoms with Crippen molar-refractivity contribution in [1.82, 2.24) is 9.97 Å². The van der Waals surface area contributed by atoms with Gasteiger partial charge in [-0.25, -0.2) is 9.37 Å². The lowest BCUT2D eigenvalue weighted by Gasteiger charge is -2.05. The van der Waals surface area contributed by atoms with Gasteiger partial charge in [-0.15, -0.1) is 0 Å². The van der Waals surface area contributed by atoms with Crippen LogP contribution in [0.1, 0.15) is 0 Å². The summed E-state index contributed by atoms with van der Waals surface area (Å²) in [4.78, 5) is 9.12. The maximum absolute atomic E-state index is 12.8. The predicted octanol–water partition coefficient (Wildman–Crippen LogP) is 1.77. The minimum atomic E-state index is -0.260. The molecule has 13 heavy (non-hydrogen) atoms. The van der Waals surface area contributed by atoms with Crippen molar-refractivity contribution in [2.75, 3.05) is 19.0 Å². The Morgan fingerprint density at radius 1 is 1.38 bits per heavy atom. The number of halogens is 1. The quantitative estimate of drug-likeness (QED) is 0.723. The monoisotopic (exact) mass is 179 g/mol. The molecule has 1 aromatic heterocycles. The predicted molar refractivity (Wildman–Crippen MR) is 50.4 cm³/mol. The lowest BCUT2D eigenvalue weighted by molar-refractivity contribution is 0.629. The molecule has 0 fully saturated rings. The molecular formula is C9H10FN3. The number of rotatable bonds is 1. The second kappa shape index (κ2) is 2.73. The van der Waals surface area contributed by atoms with Crippen LogP contribution >= 0.6 is 0 Å². The highest BCUT2D eigenvalue weighted by Gasteiger charge is 2.04. The summed E-state index contributed by atoms with van der Waals surface area (Å²) in [7, 11) is 3.77. The third-order valence-electron chi connectivity index (χ3n) is 1.86. The first-order valence-corrected chi connectivity index (χ1v) is 3.99. The molecule has 0 atom stereocenters. The number of nitrogens with one attached hydrogen (secondary N) is 1. The number of benzene rings is 1. The van der Waals surface area contributed by atoms with Gasteiger partial charge < -0.3 is 9.88 Å². The van der Waals surface area contributed by atoms with Crippen LogP contribution in [-0.2, 0) is 0 Å². The number of aromatic amines is 1. The fourth-order valence-electron chi connectivity index (χ4n) is 1.18. The molecule has 0 bridgehead atoms. The second-order valence-electron chi connectivity index (χ2n) is 3.12. The Labute approximate surface area is 75.2 Å². The molecule has 2 rings (SSSR count). The van der Waals surface area contributed by atoms with Crippen molar-refractivity contribution in [3.8, 4) is 0 Å². The summed E-state index contributed by atoms with van der Waals surface area (Å²) >= 11 is 0. The van der Waals surface area contributed by atoms with Crippen LogP contribution in [0, 0.1) is 5.82 Å². The van der Waals surface area contributed by atoms with E-state index < -0.39 is 0 Å². The molecule has 0 saturated carbocycles. The number of aromatic nitrogens is 2. The van der Waals surface area contributed by atoms with Crippen LogP contribution in [-0.4, -0.2) is 24.1 Å². The van der Waals surface area contributed by atoms with E-state index in [4.69, 9.17) is 0 Å². The average molecular weight is 179 g/mol. The van der Waals surface area contributed by atoms with Crippen LogP contribution in [0.25, 0.3) is 11.0 Å². The summed E-state index contributed by atoms with van der Waals surface area (Å²) in [5.74, 6) is 0.477. The fourth-order valence-corrected chi connectivity index (χ4v) is 1.18. The number of fused-ring (bicyclic) bond motifs is 1. The van der Waals surface area contributed by atoms with Gasteiger partial charge in [-0.2, -0.15) is 0 Å². The largest absolute Gasteiger partial charge is 0.349 e. The zero-order valence-electron chi connectivity index (χ0n) is 7.50. The highest BCUT2D eigenvalue weighted by Crippen LogP contribution is 2.16. The van der Waals surface area contributed by atoms with E-state index in [2.05, 4.69) is 9.97 Å². The summed E-state index contributed by atoms with van der Waals surface area (Å²) in [6.07, 6.45) is 0. The Morgan fingerprint density at radius 2 is 2.15 bits per heavy atom. The summed E-state index contributed by atoms with van der Waals surface area (Å²) in [5, 5.41) is 0. The second-order valence-corrected chi connectivity index (χ2v) is 3.12. The molecule has 1 N–H and O–H groups in total. The summed E-state index contributed by atoms with van der Waals surface area (Å²) in [6.45, 7) is 0. The van der Waals surface area contributed by atoms with Crippen molar-refractivity contribution in [2.24, 2.45) is 0 Å². The van der Waals surface area contributed by atoms with Crippen molar-refractivity contribution in [3.05, 3.63) is 24.0 Å². The molecule has 0 saturated heterocycles. The molecule has 1 aromatic carbocycles. The Hall–Kier alpha value is -1.58. The molecule has 0 aliphatic heterocycles. The van der Waals surface area contributed by atoms with Gasteiger partial charge in [-0.05, 0) is 12.1 Å². The van der Waals surface area contributed by atoms with Crippen LogP contribution in [0.4, 0.5) is 10.3 Å². The van der Waals surface area contributed by atoms with E-state index in [0.717, 1.165) is 11.5 Å². The van der Waals surface area contributed by atoms with Gasteiger partial charge in [0.25, 0.3) is 0 Å². The number of anilines is 1. The Bertz CT molecular complexity index is 433. The van der Waals surface area contributed by atoms with Gasteiger partial charge in [-0.3, -0.25) is 0 Å². The molecule has 2 aromatic rings. The molecule has 68 valence electrons. The molecule has 0 spiro atoms. The zero-order chi connectivity index (χ0) is 9.42. The van der Waals surface area contributed by atoms with E-state index in [1.54, 1.807) is 6.07 Å². The number of hydrogen-bond donors (Lipinski definition) is 1. The molecule has 0 aliphatic rings. The van der Waals surface area contributed by atoms with Crippen LogP contribution in [0.15, 0.2) is 18.2 Å². The van der Waals surface area contributed by atoms with Gasteiger partial charge in [0.15, 0.2) is 0 Å². The molecular weight excluding hydrogens is 169 g/mol. The molecule has 3 nitrogen and oxygen atoms in total. The fraction of sp³-hybridized carbons (Fsp3) is 0.222. The van der Waals surface area contributed by atoms with E-state index in [-0.39, 0.29) is 5.82 Å². The van der Waals surface area contributed by atoms with Crippen LogP contribution in [0.3, 0.4) is 0 Å². The van der Waals surface area contributed by atoms with Gasteiger partial charge in [-0.1, -0.05) is 0 Å². The van der Waals surface area contributed by atoms with Crippen molar-refractivity contribution in [2.45, 2.75) is 0 Å². The van der Waals surface area contributed by atoms with Crippen molar-refractivity contribution >= 4 is 17.0 Å². The number of H-pyrrole nitrogens is 1. The number of nitrogens with zero attached hydrogens (tertiary/aromatic N) is 2. The molecule has 0 aliphatic carbocycles. The molecule has 4 heteroatoms. The maximum atomic E-state index is 12.8. The first kappa shape index (κ1) is 8.04. The molecule has 1 heterocycles. The van der Waals surface area contributed by atoms with Crippen LogP contribution in [0.2, 0.25) is 0 Å². The van der Waals surface area contributed by atoms with Gasteiger partial charge in [0.05, 0.1) is 11.0 Å². The normalized spacial score (nSPS) is 10.7. The summed E-state index contributed by atoms with van der Waals surface area (Å²) in [6, 6.07) is 4.52. The van der Waals surface area contributed by atoms with Crippen LogP contribution < -0.4 is 4.90 Å². The molecule has 0 radical (unpaired) electrons. The Morgan fingerprint density at radius 3 is 2.85 bits per heavy atom. The van der Waals surface area contributed by atoms with E-state index >= 15 is 0 Å². The van der Waals surface area contributed by atoms with E-state index in [0.29, 0.717) is 5.52 Å². The highest BCUT2D eigenvalue weighted by molar-refractivity contribution is 5.77. The average Bonchev–Trinajstić information content (AvgIpc) is 2.46. The van der Waals surface area contributed by atoms with Crippen molar-refractivity contribution in [3.63, 3.8) is 0 Å². The third-order valence-corrected chi connectivity index (χ3v) is 1.86. The van der Waals surface area contributed by atoms with Gasteiger partial charge in [0.2, 0.25) is 5.95 Å². The van der Waals surface area contributed by atoms with Gasteiger partial charge in [0, 0.05) is 20.2 Å². The number of imidazole rings is 1. The lowest BCUT2D eigenvalue weighted by Crippen LogP contribution is -2.09. The molecule has 0 amide bonds. The molecule has 0 unspecified atom stereocenters. The Balaban J connectivity index is 2.62. The van der Waals surface area contributed by atoms with Crippen LogP contribution in [0.5, 0.6) is 0 Å². The lowest BCUT2D eigenvalue weighted by atomic mass is 10.3. The van der Waals surface area contributed by atoms with Crippen molar-refractivity contribution in [1.29, 1.82) is 0 Å². The topological polar surface area (TPSA) is 31.9 Å². The van der Waals surface area contributed by atoms with E-state index in [9.17, 15) is 4.39 Å². The maximum Gasteiger partial charge on any atom is 0.203 e. The first-order valence-electron chi connectivity index (χ1n) is 3.99. The van der Waals surface area contributed by atoms with E-state index in [1.165, 1.54) is 12.1 Å². The van der Waals surface area contributed by atoms with Gasteiger partial charge in [0.1, 0.15) is 5.82 Å². The first-order chi connectivity index (χ1) is 6.16. The third kappa shape index (κ3) is 1.35. The minimum Gasteiger partial charge on any atom is -0.349 e. The zero-order valence-corrected chi connectivity index (χ0v) is 7.50. The Kier molecular flexibility index (Phi) is 1.69. The summed E-state index contributed by atoms with van der Waals surface area (Å²) < 4.78 is 12.8. The van der Waals surface area contributed by atoms with Crippen molar-refractivity contribution < 1.29 is 4.39 Å². The van der Waals surface area contributed by atoms with E-state index in [1.807, 2.05) is 19.0 Å². The summed E-state index contributed by atoms with van der Waals surface area (Å²) in [5.41, 5.74) is 1.51. The standard InChI is InChI=1S/C9H10FN3/c1-13(2)9-11-7-4-3-6(10)5-8(7)12-9/h3-5H,1-2H3,(H,11,12). The number of hydrogen-bond acceptors (Lipinski definition) is 2. The smallest absolute Gasteiger partial charge is 0.203 e. The van der Waals surface area contributed by atoms with Gasteiger partial charge >= 0.3 is 0 Å². The SMILES string of the molecule is CN(C)c1nc2cc(F)ccc2[nH]1.